The normalized spacial score (nSPS) is 12.4. The van der Waals surface area contributed by atoms with Crippen LogP contribution in [0.2, 0.25) is 0 Å². The Balaban J connectivity index is 2.08. The second kappa shape index (κ2) is 5.01. The minimum absolute atomic E-state index is 0.279. The van der Waals surface area contributed by atoms with Crippen molar-refractivity contribution in [3.05, 3.63) is 59.4 Å². The Labute approximate surface area is 99.0 Å². The smallest absolute Gasteiger partial charge is 0.123 e. The Morgan fingerprint density at radius 2 is 1.88 bits per heavy atom. The van der Waals surface area contributed by atoms with Crippen LogP contribution >= 0.6 is 0 Å². The molecule has 1 N–H and O–H groups in total. The van der Waals surface area contributed by atoms with Crippen molar-refractivity contribution in [1.82, 2.24) is 9.97 Å². The van der Waals surface area contributed by atoms with Crippen molar-refractivity contribution in [3.8, 4) is 0 Å². The summed E-state index contributed by atoms with van der Waals surface area (Å²) in [5.41, 5.74) is 2.20. The molecule has 0 saturated heterocycles. The molecule has 1 heterocycles. The Kier molecular flexibility index (Phi) is 3.44. The molecule has 4 heteroatoms. The molecule has 0 aliphatic heterocycles. The molecule has 17 heavy (non-hydrogen) atoms. The van der Waals surface area contributed by atoms with Gasteiger partial charge in [-0.05, 0) is 24.6 Å². The summed E-state index contributed by atoms with van der Waals surface area (Å²) < 4.78 is 12.7. The van der Waals surface area contributed by atoms with Crippen molar-refractivity contribution in [3.63, 3.8) is 0 Å². The third-order valence-corrected chi connectivity index (χ3v) is 2.48. The molecule has 0 aliphatic rings. The molecule has 1 aromatic heterocycles. The number of nitrogens with zero attached hydrogens (tertiary/aromatic N) is 2. The average molecular weight is 232 g/mol. The fraction of sp³-hybridized carbons (Fsp3) is 0.231. The van der Waals surface area contributed by atoms with Gasteiger partial charge in [-0.2, -0.15) is 0 Å². The molecule has 1 aromatic carbocycles. The quantitative estimate of drug-likeness (QED) is 0.882. The standard InChI is InChI=1S/C13H13FN2O/c1-9-7-16-12(8-15-9)13(17)6-10-2-4-11(14)5-3-10/h2-5,7-8,13,17H,6H2,1H3. The van der Waals surface area contributed by atoms with E-state index in [9.17, 15) is 9.50 Å². The zero-order chi connectivity index (χ0) is 12.3. The van der Waals surface area contributed by atoms with Gasteiger partial charge in [0.1, 0.15) is 11.9 Å². The van der Waals surface area contributed by atoms with Crippen molar-refractivity contribution in [2.24, 2.45) is 0 Å². The maximum absolute atomic E-state index is 12.7. The van der Waals surface area contributed by atoms with Crippen molar-refractivity contribution in [1.29, 1.82) is 0 Å². The maximum atomic E-state index is 12.7. The van der Waals surface area contributed by atoms with Gasteiger partial charge in [0, 0.05) is 12.6 Å². The highest BCUT2D eigenvalue weighted by atomic mass is 19.1. The van der Waals surface area contributed by atoms with Gasteiger partial charge < -0.3 is 5.11 Å². The molecule has 0 saturated carbocycles. The second-order valence-corrected chi connectivity index (χ2v) is 3.93. The summed E-state index contributed by atoms with van der Waals surface area (Å²) in [4.78, 5) is 8.18. The summed E-state index contributed by atoms with van der Waals surface area (Å²) in [5, 5.41) is 9.94. The molecular formula is C13H13FN2O. The fourth-order valence-electron chi connectivity index (χ4n) is 1.52. The van der Waals surface area contributed by atoms with Crippen LogP contribution in [0.25, 0.3) is 0 Å². The van der Waals surface area contributed by atoms with Gasteiger partial charge in [-0.25, -0.2) is 4.39 Å². The third-order valence-electron chi connectivity index (χ3n) is 2.48. The first-order chi connectivity index (χ1) is 8.15. The van der Waals surface area contributed by atoms with Crippen molar-refractivity contribution >= 4 is 0 Å². The second-order valence-electron chi connectivity index (χ2n) is 3.93. The average Bonchev–Trinajstić information content (AvgIpc) is 2.33. The summed E-state index contributed by atoms with van der Waals surface area (Å²) >= 11 is 0. The molecule has 0 aliphatic carbocycles. The van der Waals surface area contributed by atoms with Crippen molar-refractivity contribution in [2.45, 2.75) is 19.4 Å². The van der Waals surface area contributed by atoms with E-state index in [1.807, 2.05) is 6.92 Å². The molecule has 1 atom stereocenters. The van der Waals surface area contributed by atoms with Gasteiger partial charge in [0.25, 0.3) is 0 Å². The minimum atomic E-state index is -0.714. The number of aromatic nitrogens is 2. The van der Waals surface area contributed by atoms with Gasteiger partial charge in [0.05, 0.1) is 17.6 Å². The van der Waals surface area contributed by atoms with Gasteiger partial charge in [0.2, 0.25) is 0 Å². The molecule has 2 aromatic rings. The predicted octanol–water partition coefficient (Wildman–Crippen LogP) is 2.20. The van der Waals surface area contributed by atoms with Gasteiger partial charge in [0.15, 0.2) is 0 Å². The van der Waals surface area contributed by atoms with E-state index in [1.54, 1.807) is 24.5 Å². The van der Waals surface area contributed by atoms with E-state index in [-0.39, 0.29) is 5.82 Å². The van der Waals surface area contributed by atoms with Crippen molar-refractivity contribution in [2.75, 3.05) is 0 Å². The molecule has 0 bridgehead atoms. The molecule has 0 radical (unpaired) electrons. The van der Waals surface area contributed by atoms with E-state index in [2.05, 4.69) is 9.97 Å². The number of hydrogen-bond acceptors (Lipinski definition) is 3. The van der Waals surface area contributed by atoms with E-state index in [1.165, 1.54) is 12.1 Å². The monoisotopic (exact) mass is 232 g/mol. The van der Waals surface area contributed by atoms with E-state index >= 15 is 0 Å². The number of benzene rings is 1. The number of aliphatic hydroxyl groups excluding tert-OH is 1. The van der Waals surface area contributed by atoms with Crippen LogP contribution in [-0.2, 0) is 6.42 Å². The highest BCUT2D eigenvalue weighted by Gasteiger charge is 2.10. The Morgan fingerprint density at radius 3 is 2.47 bits per heavy atom. The van der Waals surface area contributed by atoms with Crippen LogP contribution < -0.4 is 0 Å². The summed E-state index contributed by atoms with van der Waals surface area (Å²) in [7, 11) is 0. The van der Waals surface area contributed by atoms with Gasteiger partial charge in [-0.1, -0.05) is 12.1 Å². The van der Waals surface area contributed by atoms with Gasteiger partial charge in [-0.3, -0.25) is 9.97 Å². The van der Waals surface area contributed by atoms with Gasteiger partial charge >= 0.3 is 0 Å². The van der Waals surface area contributed by atoms with E-state index in [0.717, 1.165) is 11.3 Å². The van der Waals surface area contributed by atoms with E-state index in [0.29, 0.717) is 12.1 Å². The Hall–Kier alpha value is -1.81. The minimum Gasteiger partial charge on any atom is -0.386 e. The topological polar surface area (TPSA) is 46.0 Å². The summed E-state index contributed by atoms with van der Waals surface area (Å²) in [6, 6.07) is 6.06. The van der Waals surface area contributed by atoms with Crippen LogP contribution in [0, 0.1) is 12.7 Å². The van der Waals surface area contributed by atoms with Crippen LogP contribution in [0.3, 0.4) is 0 Å². The lowest BCUT2D eigenvalue weighted by Gasteiger charge is -2.09. The summed E-state index contributed by atoms with van der Waals surface area (Å²) in [5.74, 6) is -0.279. The lowest BCUT2D eigenvalue weighted by atomic mass is 10.1. The zero-order valence-electron chi connectivity index (χ0n) is 9.47. The lowest BCUT2D eigenvalue weighted by molar-refractivity contribution is 0.173. The molecule has 2 rings (SSSR count). The zero-order valence-corrected chi connectivity index (χ0v) is 9.47. The molecule has 0 fully saturated rings. The fourth-order valence-corrected chi connectivity index (χ4v) is 1.52. The first-order valence-electron chi connectivity index (χ1n) is 5.36. The Bertz CT molecular complexity index is 482. The predicted molar refractivity (Wildman–Crippen MR) is 61.8 cm³/mol. The van der Waals surface area contributed by atoms with Crippen LogP contribution in [0.5, 0.6) is 0 Å². The molecule has 0 spiro atoms. The number of halogens is 1. The third kappa shape index (κ3) is 3.07. The Morgan fingerprint density at radius 1 is 1.18 bits per heavy atom. The van der Waals surface area contributed by atoms with E-state index < -0.39 is 6.10 Å². The molecular weight excluding hydrogens is 219 g/mol. The molecule has 0 amide bonds. The van der Waals surface area contributed by atoms with Gasteiger partial charge in [-0.15, -0.1) is 0 Å². The highest BCUT2D eigenvalue weighted by molar-refractivity contribution is 5.18. The molecule has 3 nitrogen and oxygen atoms in total. The molecule has 88 valence electrons. The first-order valence-corrected chi connectivity index (χ1v) is 5.36. The number of aryl methyl sites for hydroxylation is 1. The van der Waals surface area contributed by atoms with E-state index in [4.69, 9.17) is 0 Å². The maximum Gasteiger partial charge on any atom is 0.123 e. The first kappa shape index (κ1) is 11.7. The SMILES string of the molecule is Cc1cnc(C(O)Cc2ccc(F)cc2)cn1. The number of rotatable bonds is 3. The highest BCUT2D eigenvalue weighted by Crippen LogP contribution is 2.15. The van der Waals surface area contributed by atoms with Crippen LogP contribution in [-0.4, -0.2) is 15.1 Å². The van der Waals surface area contributed by atoms with Crippen LogP contribution in [0.1, 0.15) is 23.1 Å². The van der Waals surface area contributed by atoms with Crippen LogP contribution in [0.15, 0.2) is 36.7 Å². The largest absolute Gasteiger partial charge is 0.386 e. The lowest BCUT2D eigenvalue weighted by Crippen LogP contribution is -2.05. The number of aliphatic hydroxyl groups is 1. The molecule has 1 unspecified atom stereocenters. The summed E-state index contributed by atoms with van der Waals surface area (Å²) in [6.45, 7) is 1.84. The van der Waals surface area contributed by atoms with Crippen LogP contribution in [0.4, 0.5) is 4.39 Å². The summed E-state index contributed by atoms with van der Waals surface area (Å²) in [6.07, 6.45) is 2.86. The van der Waals surface area contributed by atoms with Crippen molar-refractivity contribution < 1.29 is 9.50 Å². The number of hydrogen-bond donors (Lipinski definition) is 1.